The summed E-state index contributed by atoms with van der Waals surface area (Å²) in [6.45, 7) is -0.298. The average molecular weight is 178 g/mol. The van der Waals surface area contributed by atoms with Crippen LogP contribution in [0.2, 0.25) is 0 Å². The van der Waals surface area contributed by atoms with E-state index >= 15 is 0 Å². The average Bonchev–Trinajstić information content (AvgIpc) is 2.13. The third-order valence-corrected chi connectivity index (χ3v) is 2.18. The maximum absolute atomic E-state index is 8.98. The Hall–Kier alpha value is -0.160. The third-order valence-electron chi connectivity index (χ3n) is 2.18. The van der Waals surface area contributed by atoms with Crippen molar-refractivity contribution in [1.29, 1.82) is 0 Å². The lowest BCUT2D eigenvalue weighted by Crippen LogP contribution is -2.31. The molecule has 0 aliphatic heterocycles. The molecular formula is C8H18O4. The SMILES string of the molecule is OCCCC(CO)(CO)CCO. The highest BCUT2D eigenvalue weighted by atomic mass is 16.3. The van der Waals surface area contributed by atoms with Crippen LogP contribution in [0.25, 0.3) is 0 Å². The Bertz CT molecular complexity index is 101. The van der Waals surface area contributed by atoms with Gasteiger partial charge in [-0.2, -0.15) is 0 Å². The first-order valence-corrected chi connectivity index (χ1v) is 4.18. The van der Waals surface area contributed by atoms with Gasteiger partial charge in [-0.25, -0.2) is 0 Å². The maximum Gasteiger partial charge on any atom is 0.0510 e. The predicted molar refractivity (Wildman–Crippen MR) is 44.6 cm³/mol. The minimum Gasteiger partial charge on any atom is -0.396 e. The smallest absolute Gasteiger partial charge is 0.0510 e. The van der Waals surface area contributed by atoms with Gasteiger partial charge in [0, 0.05) is 18.6 Å². The van der Waals surface area contributed by atoms with Crippen molar-refractivity contribution >= 4 is 0 Å². The fraction of sp³-hybridized carbons (Fsp3) is 1.00. The fourth-order valence-corrected chi connectivity index (χ4v) is 1.18. The number of aliphatic hydroxyl groups is 4. The van der Waals surface area contributed by atoms with Crippen molar-refractivity contribution < 1.29 is 20.4 Å². The first-order valence-electron chi connectivity index (χ1n) is 4.18. The van der Waals surface area contributed by atoms with E-state index in [1.165, 1.54) is 0 Å². The van der Waals surface area contributed by atoms with Crippen LogP contribution in [0.3, 0.4) is 0 Å². The quantitative estimate of drug-likeness (QED) is 0.408. The predicted octanol–water partition coefficient (Wildman–Crippen LogP) is -0.888. The van der Waals surface area contributed by atoms with Gasteiger partial charge in [0.1, 0.15) is 0 Å². The molecule has 0 rings (SSSR count). The number of rotatable bonds is 7. The Kier molecular flexibility index (Phi) is 6.28. The zero-order valence-corrected chi connectivity index (χ0v) is 7.24. The van der Waals surface area contributed by atoms with Crippen LogP contribution in [-0.4, -0.2) is 46.9 Å². The van der Waals surface area contributed by atoms with Gasteiger partial charge in [-0.1, -0.05) is 0 Å². The van der Waals surface area contributed by atoms with Gasteiger partial charge in [-0.15, -0.1) is 0 Å². The van der Waals surface area contributed by atoms with Crippen LogP contribution in [-0.2, 0) is 0 Å². The number of hydrogen-bond donors (Lipinski definition) is 4. The Morgan fingerprint density at radius 1 is 0.750 bits per heavy atom. The van der Waals surface area contributed by atoms with Crippen molar-refractivity contribution in [3.8, 4) is 0 Å². The van der Waals surface area contributed by atoms with Gasteiger partial charge in [0.15, 0.2) is 0 Å². The molecule has 0 saturated heterocycles. The molecule has 4 N–H and O–H groups in total. The highest BCUT2D eigenvalue weighted by Crippen LogP contribution is 2.26. The van der Waals surface area contributed by atoms with Crippen molar-refractivity contribution in [2.24, 2.45) is 5.41 Å². The summed E-state index contributed by atoms with van der Waals surface area (Å²) in [6.07, 6.45) is 1.46. The summed E-state index contributed by atoms with van der Waals surface area (Å²) in [6, 6.07) is 0. The Morgan fingerprint density at radius 2 is 1.33 bits per heavy atom. The van der Waals surface area contributed by atoms with E-state index in [0.717, 1.165) is 0 Å². The molecule has 0 radical (unpaired) electrons. The Morgan fingerprint density at radius 3 is 1.67 bits per heavy atom. The van der Waals surface area contributed by atoms with Gasteiger partial charge in [-0.05, 0) is 19.3 Å². The van der Waals surface area contributed by atoms with E-state index in [1.54, 1.807) is 0 Å². The van der Waals surface area contributed by atoms with E-state index in [1.807, 2.05) is 0 Å². The fourth-order valence-electron chi connectivity index (χ4n) is 1.18. The monoisotopic (exact) mass is 178 g/mol. The van der Waals surface area contributed by atoms with E-state index < -0.39 is 5.41 Å². The lowest BCUT2D eigenvalue weighted by Gasteiger charge is -2.28. The van der Waals surface area contributed by atoms with Gasteiger partial charge in [0.2, 0.25) is 0 Å². The summed E-state index contributed by atoms with van der Waals surface area (Å²) in [7, 11) is 0. The lowest BCUT2D eigenvalue weighted by molar-refractivity contribution is 0.0209. The van der Waals surface area contributed by atoms with Gasteiger partial charge in [0.05, 0.1) is 13.2 Å². The van der Waals surface area contributed by atoms with Gasteiger partial charge < -0.3 is 20.4 Å². The van der Waals surface area contributed by atoms with Crippen LogP contribution in [0.15, 0.2) is 0 Å². The van der Waals surface area contributed by atoms with Crippen LogP contribution in [0.5, 0.6) is 0 Å². The summed E-state index contributed by atoms with van der Waals surface area (Å²) in [4.78, 5) is 0. The van der Waals surface area contributed by atoms with E-state index in [-0.39, 0.29) is 26.4 Å². The normalized spacial score (nSPS) is 12.0. The zero-order valence-electron chi connectivity index (χ0n) is 7.24. The zero-order chi connectivity index (χ0) is 9.45. The molecule has 0 amide bonds. The van der Waals surface area contributed by atoms with Crippen LogP contribution >= 0.6 is 0 Å². The summed E-state index contributed by atoms with van der Waals surface area (Å²) in [5, 5.41) is 35.2. The van der Waals surface area contributed by atoms with Gasteiger partial charge in [-0.3, -0.25) is 0 Å². The minimum atomic E-state index is -0.614. The Labute approximate surface area is 72.5 Å². The summed E-state index contributed by atoms with van der Waals surface area (Å²) >= 11 is 0. The van der Waals surface area contributed by atoms with Crippen molar-refractivity contribution in [1.82, 2.24) is 0 Å². The number of hydrogen-bond acceptors (Lipinski definition) is 4. The molecule has 0 atom stereocenters. The molecule has 0 aromatic heterocycles. The largest absolute Gasteiger partial charge is 0.396 e. The molecule has 0 aromatic rings. The highest BCUT2D eigenvalue weighted by Gasteiger charge is 2.27. The molecule has 0 bridgehead atoms. The molecule has 0 aliphatic carbocycles. The third kappa shape index (κ3) is 3.49. The summed E-state index contributed by atoms with van der Waals surface area (Å²) in [5.41, 5.74) is -0.614. The molecule has 0 spiro atoms. The summed E-state index contributed by atoms with van der Waals surface area (Å²) < 4.78 is 0. The first-order chi connectivity index (χ1) is 5.74. The number of aliphatic hydroxyl groups excluding tert-OH is 4. The second-order valence-corrected chi connectivity index (χ2v) is 3.12. The Balaban J connectivity index is 3.95. The molecule has 0 aliphatic rings. The van der Waals surface area contributed by atoms with Crippen LogP contribution in [0.1, 0.15) is 19.3 Å². The van der Waals surface area contributed by atoms with Crippen LogP contribution in [0.4, 0.5) is 0 Å². The van der Waals surface area contributed by atoms with Crippen molar-refractivity contribution in [3.63, 3.8) is 0 Å². The van der Waals surface area contributed by atoms with E-state index in [0.29, 0.717) is 19.3 Å². The second kappa shape index (κ2) is 6.37. The highest BCUT2D eigenvalue weighted by molar-refractivity contribution is 4.77. The molecular weight excluding hydrogens is 160 g/mol. The molecule has 4 heteroatoms. The summed E-state index contributed by atoms with van der Waals surface area (Å²) in [5.74, 6) is 0. The molecule has 0 saturated carbocycles. The molecule has 0 heterocycles. The molecule has 74 valence electrons. The van der Waals surface area contributed by atoms with Crippen LogP contribution < -0.4 is 0 Å². The topological polar surface area (TPSA) is 80.9 Å². The molecule has 12 heavy (non-hydrogen) atoms. The molecule has 0 unspecified atom stereocenters. The van der Waals surface area contributed by atoms with Crippen molar-refractivity contribution in [3.05, 3.63) is 0 Å². The first kappa shape index (κ1) is 11.8. The van der Waals surface area contributed by atoms with Gasteiger partial charge >= 0.3 is 0 Å². The minimum absolute atomic E-state index is 0.0488. The van der Waals surface area contributed by atoms with Crippen LogP contribution in [0, 0.1) is 5.41 Å². The standard InChI is InChI=1S/C8H18O4/c9-4-1-2-8(6-11,7-12)3-5-10/h9-12H,1-7H2. The second-order valence-electron chi connectivity index (χ2n) is 3.12. The molecule has 0 fully saturated rings. The van der Waals surface area contributed by atoms with E-state index in [4.69, 9.17) is 20.4 Å². The lowest BCUT2D eigenvalue weighted by atomic mass is 9.82. The van der Waals surface area contributed by atoms with Crippen molar-refractivity contribution in [2.75, 3.05) is 26.4 Å². The van der Waals surface area contributed by atoms with E-state index in [9.17, 15) is 0 Å². The molecule has 4 nitrogen and oxygen atoms in total. The van der Waals surface area contributed by atoms with Crippen molar-refractivity contribution in [2.45, 2.75) is 19.3 Å². The maximum atomic E-state index is 8.98. The van der Waals surface area contributed by atoms with Gasteiger partial charge in [0.25, 0.3) is 0 Å². The molecule has 0 aromatic carbocycles. The van der Waals surface area contributed by atoms with E-state index in [2.05, 4.69) is 0 Å².